The number of hydrogen-bond acceptors (Lipinski definition) is 4. The number of phenols is 1. The molecule has 0 aromatic heterocycles. The Bertz CT molecular complexity index is 962. The van der Waals surface area contributed by atoms with Gasteiger partial charge in [0.05, 0.1) is 4.92 Å². The second-order valence-corrected chi connectivity index (χ2v) is 5.20. The SMILES string of the molecule is O=[N+]([O-])c1c(O)c(F)c(OCc2ccc3ccccc3c2)c(F)c1F. The van der Waals surface area contributed by atoms with E-state index in [9.17, 15) is 28.4 Å². The van der Waals surface area contributed by atoms with Gasteiger partial charge in [-0.1, -0.05) is 36.4 Å². The van der Waals surface area contributed by atoms with Crippen LogP contribution in [0.2, 0.25) is 0 Å². The number of fused-ring (bicyclic) bond motifs is 1. The predicted molar refractivity (Wildman–Crippen MR) is 82.9 cm³/mol. The quantitative estimate of drug-likeness (QED) is 0.429. The normalized spacial score (nSPS) is 10.8. The van der Waals surface area contributed by atoms with Crippen LogP contribution in [0, 0.1) is 27.6 Å². The number of phenolic OH excluding ortho intramolecular Hbond substituents is 1. The third-order valence-electron chi connectivity index (χ3n) is 3.61. The van der Waals surface area contributed by atoms with Crippen molar-refractivity contribution >= 4 is 16.5 Å². The number of nitrogens with zero attached hydrogens (tertiary/aromatic N) is 1. The van der Waals surface area contributed by atoms with Gasteiger partial charge in [0.25, 0.3) is 0 Å². The Balaban J connectivity index is 1.93. The molecule has 3 aromatic carbocycles. The molecule has 25 heavy (non-hydrogen) atoms. The van der Waals surface area contributed by atoms with E-state index < -0.39 is 39.6 Å². The van der Waals surface area contributed by atoms with Crippen molar-refractivity contribution in [3.8, 4) is 11.5 Å². The zero-order chi connectivity index (χ0) is 18.1. The number of ether oxygens (including phenoxy) is 1. The molecule has 0 aliphatic carbocycles. The first-order valence-corrected chi connectivity index (χ1v) is 7.04. The zero-order valence-electron chi connectivity index (χ0n) is 12.5. The van der Waals surface area contributed by atoms with Crippen LogP contribution in [0.4, 0.5) is 18.9 Å². The second kappa shape index (κ2) is 6.31. The number of aromatic hydroxyl groups is 1. The molecule has 0 saturated heterocycles. The van der Waals surface area contributed by atoms with Gasteiger partial charge in [0.15, 0.2) is 5.75 Å². The van der Waals surface area contributed by atoms with Crippen LogP contribution in [-0.4, -0.2) is 10.0 Å². The van der Waals surface area contributed by atoms with Gasteiger partial charge in [0.1, 0.15) is 6.61 Å². The molecule has 1 N–H and O–H groups in total. The maximum Gasteiger partial charge on any atom is 0.352 e. The Hall–Kier alpha value is -3.29. The Labute approximate surface area is 139 Å². The highest BCUT2D eigenvalue weighted by Gasteiger charge is 2.33. The maximum absolute atomic E-state index is 13.9. The Morgan fingerprint density at radius 1 is 1.00 bits per heavy atom. The van der Waals surface area contributed by atoms with Crippen molar-refractivity contribution in [2.45, 2.75) is 6.61 Å². The lowest BCUT2D eigenvalue weighted by molar-refractivity contribution is -0.389. The molecule has 0 amide bonds. The van der Waals surface area contributed by atoms with Crippen molar-refractivity contribution in [2.75, 3.05) is 0 Å². The number of halogens is 3. The molecule has 128 valence electrons. The lowest BCUT2D eigenvalue weighted by Gasteiger charge is -2.11. The number of benzene rings is 3. The minimum absolute atomic E-state index is 0.324. The average molecular weight is 349 g/mol. The highest BCUT2D eigenvalue weighted by atomic mass is 19.2. The lowest BCUT2D eigenvalue weighted by atomic mass is 10.1. The Kier molecular flexibility index (Phi) is 4.18. The standard InChI is InChI=1S/C17H10F3NO4/c18-12-13(19)17(14(20)16(22)15(12)21(23)24)25-8-9-5-6-10-3-1-2-4-11(10)7-9/h1-7,22H,8H2. The van der Waals surface area contributed by atoms with E-state index >= 15 is 0 Å². The van der Waals surface area contributed by atoms with Gasteiger partial charge in [-0.25, -0.2) is 0 Å². The first kappa shape index (κ1) is 16.6. The summed E-state index contributed by atoms with van der Waals surface area (Å²) in [6.07, 6.45) is 0. The fraction of sp³-hybridized carbons (Fsp3) is 0.0588. The molecular formula is C17H10F3NO4. The molecule has 3 rings (SSSR count). The van der Waals surface area contributed by atoms with Crippen LogP contribution in [0.1, 0.15) is 5.56 Å². The van der Waals surface area contributed by atoms with Gasteiger partial charge < -0.3 is 9.84 Å². The molecule has 0 unspecified atom stereocenters. The molecule has 8 heteroatoms. The van der Waals surface area contributed by atoms with Gasteiger partial charge in [0.2, 0.25) is 23.2 Å². The highest BCUT2D eigenvalue weighted by molar-refractivity contribution is 5.82. The zero-order valence-corrected chi connectivity index (χ0v) is 12.5. The maximum atomic E-state index is 13.9. The Morgan fingerprint density at radius 3 is 2.36 bits per heavy atom. The van der Waals surface area contributed by atoms with Gasteiger partial charge >= 0.3 is 5.69 Å². The molecule has 0 spiro atoms. The van der Waals surface area contributed by atoms with Crippen molar-refractivity contribution in [3.63, 3.8) is 0 Å². The highest BCUT2D eigenvalue weighted by Crippen LogP contribution is 2.40. The summed E-state index contributed by atoms with van der Waals surface area (Å²) in [5, 5.41) is 21.8. The second-order valence-electron chi connectivity index (χ2n) is 5.20. The summed E-state index contributed by atoms with van der Waals surface area (Å²) in [6, 6.07) is 12.5. The van der Waals surface area contributed by atoms with Crippen molar-refractivity contribution in [1.82, 2.24) is 0 Å². The average Bonchev–Trinajstić information content (AvgIpc) is 2.59. The molecule has 0 bridgehead atoms. The molecule has 0 heterocycles. The van der Waals surface area contributed by atoms with E-state index in [2.05, 4.69) is 0 Å². The van der Waals surface area contributed by atoms with Gasteiger partial charge in [-0.3, -0.25) is 10.1 Å². The fourth-order valence-corrected chi connectivity index (χ4v) is 2.39. The summed E-state index contributed by atoms with van der Waals surface area (Å²) in [4.78, 5) is 9.18. The van der Waals surface area contributed by atoms with E-state index in [1.54, 1.807) is 18.2 Å². The van der Waals surface area contributed by atoms with Crippen molar-refractivity contribution in [2.24, 2.45) is 0 Å². The van der Waals surface area contributed by atoms with E-state index in [0.29, 0.717) is 5.56 Å². The topological polar surface area (TPSA) is 72.6 Å². The van der Waals surface area contributed by atoms with Crippen LogP contribution in [0.25, 0.3) is 10.8 Å². The third-order valence-corrected chi connectivity index (χ3v) is 3.61. The van der Waals surface area contributed by atoms with Crippen LogP contribution in [0.15, 0.2) is 42.5 Å². The number of nitro benzene ring substituents is 1. The first-order valence-electron chi connectivity index (χ1n) is 7.04. The molecule has 0 radical (unpaired) electrons. The largest absolute Gasteiger partial charge is 0.500 e. The predicted octanol–water partition coefficient (Wildman–Crippen LogP) is 4.45. The van der Waals surface area contributed by atoms with Gasteiger partial charge in [0, 0.05) is 0 Å². The van der Waals surface area contributed by atoms with E-state index in [4.69, 9.17) is 4.74 Å². The molecule has 0 aliphatic heterocycles. The molecular weight excluding hydrogens is 339 g/mol. The van der Waals surface area contributed by atoms with Gasteiger partial charge in [-0.2, -0.15) is 13.2 Å². The van der Waals surface area contributed by atoms with E-state index in [1.807, 2.05) is 24.3 Å². The van der Waals surface area contributed by atoms with E-state index in [-0.39, 0.29) is 6.61 Å². The van der Waals surface area contributed by atoms with Crippen LogP contribution >= 0.6 is 0 Å². The smallest absolute Gasteiger partial charge is 0.352 e. The summed E-state index contributed by atoms with van der Waals surface area (Å²) in [7, 11) is 0. The minimum Gasteiger partial charge on any atom is -0.500 e. The first-order chi connectivity index (χ1) is 11.9. The molecule has 0 atom stereocenters. The fourth-order valence-electron chi connectivity index (χ4n) is 2.39. The van der Waals surface area contributed by atoms with Crippen molar-refractivity contribution < 1.29 is 27.9 Å². The molecule has 3 aromatic rings. The van der Waals surface area contributed by atoms with Crippen molar-refractivity contribution in [1.29, 1.82) is 0 Å². The molecule has 0 aliphatic rings. The molecule has 0 saturated carbocycles. The molecule has 5 nitrogen and oxygen atoms in total. The van der Waals surface area contributed by atoms with Crippen LogP contribution in [0.3, 0.4) is 0 Å². The van der Waals surface area contributed by atoms with Gasteiger partial charge in [-0.05, 0) is 22.4 Å². The minimum atomic E-state index is -1.99. The number of hydrogen-bond donors (Lipinski definition) is 1. The van der Waals surface area contributed by atoms with Gasteiger partial charge in [-0.15, -0.1) is 0 Å². The third kappa shape index (κ3) is 2.93. The lowest BCUT2D eigenvalue weighted by Crippen LogP contribution is -2.05. The van der Waals surface area contributed by atoms with Crippen LogP contribution < -0.4 is 4.74 Å². The Morgan fingerprint density at radius 2 is 1.68 bits per heavy atom. The van der Waals surface area contributed by atoms with E-state index in [1.165, 1.54) is 0 Å². The summed E-state index contributed by atoms with van der Waals surface area (Å²) in [5.74, 6) is -8.42. The summed E-state index contributed by atoms with van der Waals surface area (Å²) < 4.78 is 46.4. The monoisotopic (exact) mass is 349 g/mol. The van der Waals surface area contributed by atoms with Crippen LogP contribution in [0.5, 0.6) is 11.5 Å². The van der Waals surface area contributed by atoms with Crippen molar-refractivity contribution in [3.05, 3.63) is 75.6 Å². The summed E-state index contributed by atoms with van der Waals surface area (Å²) >= 11 is 0. The number of rotatable bonds is 4. The number of nitro groups is 1. The van der Waals surface area contributed by atoms with E-state index in [0.717, 1.165) is 10.8 Å². The van der Waals surface area contributed by atoms with Crippen LogP contribution in [-0.2, 0) is 6.61 Å². The summed E-state index contributed by atoms with van der Waals surface area (Å²) in [6.45, 7) is -0.324. The molecule has 0 fully saturated rings. The summed E-state index contributed by atoms with van der Waals surface area (Å²) in [5.41, 5.74) is -1.14.